The van der Waals surface area contributed by atoms with Crippen LogP contribution in [0.15, 0.2) is 29.4 Å². The number of halogens is 1. The zero-order chi connectivity index (χ0) is 10.6. The Kier molecular flexibility index (Phi) is 3.85. The molecule has 74 valence electrons. The number of nitrogens with one attached hydrogen (secondary N) is 1. The zero-order valence-corrected chi connectivity index (χ0v) is 8.99. The summed E-state index contributed by atoms with van der Waals surface area (Å²) in [4.78, 5) is 15.6. The van der Waals surface area contributed by atoms with Crippen molar-refractivity contribution in [2.24, 2.45) is 4.99 Å². The van der Waals surface area contributed by atoms with Crippen LogP contribution in [0.5, 0.6) is 0 Å². The van der Waals surface area contributed by atoms with Crippen LogP contribution in [0.4, 0.5) is 0 Å². The lowest BCUT2D eigenvalue weighted by Gasteiger charge is -2.01. The molecule has 0 bridgehead atoms. The second kappa shape index (κ2) is 4.93. The summed E-state index contributed by atoms with van der Waals surface area (Å²) in [5.74, 6) is -0.174. The van der Waals surface area contributed by atoms with E-state index < -0.39 is 0 Å². The van der Waals surface area contributed by atoms with Gasteiger partial charge in [-0.2, -0.15) is 0 Å². The third-order valence-corrected chi connectivity index (χ3v) is 2.70. The molecule has 0 atom stereocenters. The van der Waals surface area contributed by atoms with Gasteiger partial charge in [-0.1, -0.05) is 18.2 Å². The molecule has 1 N–H and O–H groups in total. The van der Waals surface area contributed by atoms with Crippen LogP contribution in [-0.4, -0.2) is 19.2 Å². The zero-order valence-electron chi connectivity index (χ0n) is 7.42. The lowest BCUT2D eigenvalue weighted by Crippen LogP contribution is -2.24. The van der Waals surface area contributed by atoms with Gasteiger partial charge in [-0.15, -0.1) is 11.3 Å². The fourth-order valence-electron chi connectivity index (χ4n) is 0.762. The van der Waals surface area contributed by atoms with Gasteiger partial charge in [0.15, 0.2) is 0 Å². The maximum absolute atomic E-state index is 11.4. The SMILES string of the molecule is C=NC(=C)CNC(=O)c1ccc(Cl)s1. The Morgan fingerprint density at radius 1 is 1.64 bits per heavy atom. The summed E-state index contributed by atoms with van der Waals surface area (Å²) in [5, 5.41) is 2.64. The minimum Gasteiger partial charge on any atom is -0.346 e. The number of hydrogen-bond donors (Lipinski definition) is 1. The number of nitrogens with zero attached hydrogens (tertiary/aromatic N) is 1. The van der Waals surface area contributed by atoms with Crippen LogP contribution < -0.4 is 5.32 Å². The molecule has 3 nitrogen and oxygen atoms in total. The smallest absolute Gasteiger partial charge is 0.261 e. The van der Waals surface area contributed by atoms with Gasteiger partial charge in [-0.25, -0.2) is 0 Å². The highest BCUT2D eigenvalue weighted by Crippen LogP contribution is 2.20. The van der Waals surface area contributed by atoms with Crippen LogP contribution in [0, 0.1) is 0 Å². The highest BCUT2D eigenvalue weighted by Gasteiger charge is 2.07. The number of hydrogen-bond acceptors (Lipinski definition) is 3. The number of carbonyl (C=O) groups is 1. The molecular formula is C9H9ClN2OS. The van der Waals surface area contributed by atoms with Crippen LogP contribution in [-0.2, 0) is 0 Å². The van der Waals surface area contributed by atoms with Gasteiger partial charge in [-0.3, -0.25) is 9.79 Å². The summed E-state index contributed by atoms with van der Waals surface area (Å²) in [6.07, 6.45) is 0. The number of aliphatic imine (C=N–C) groups is 1. The lowest BCUT2D eigenvalue weighted by molar-refractivity contribution is 0.0961. The fraction of sp³-hybridized carbons (Fsp3) is 0.111. The third-order valence-electron chi connectivity index (χ3n) is 1.47. The van der Waals surface area contributed by atoms with E-state index in [-0.39, 0.29) is 5.91 Å². The van der Waals surface area contributed by atoms with E-state index in [0.29, 0.717) is 21.5 Å². The molecule has 0 spiro atoms. The molecule has 0 aliphatic carbocycles. The number of amides is 1. The topological polar surface area (TPSA) is 41.5 Å². The Balaban J connectivity index is 2.51. The predicted molar refractivity (Wildman–Crippen MR) is 60.4 cm³/mol. The standard InChI is InChI=1S/C9H9ClN2OS/c1-6(11-2)5-12-9(13)7-3-4-8(10)14-7/h3-4H,1-2,5H2,(H,12,13). The number of thiophene rings is 1. The van der Waals surface area contributed by atoms with Gasteiger partial charge in [0.2, 0.25) is 0 Å². The van der Waals surface area contributed by atoms with Crippen molar-refractivity contribution in [3.8, 4) is 0 Å². The molecule has 0 unspecified atom stereocenters. The second-order valence-corrected chi connectivity index (χ2v) is 4.23. The van der Waals surface area contributed by atoms with Crippen molar-refractivity contribution in [1.82, 2.24) is 5.32 Å². The van der Waals surface area contributed by atoms with Gasteiger partial charge < -0.3 is 5.32 Å². The number of rotatable bonds is 4. The largest absolute Gasteiger partial charge is 0.346 e. The van der Waals surface area contributed by atoms with Crippen LogP contribution >= 0.6 is 22.9 Å². The van der Waals surface area contributed by atoms with Crippen molar-refractivity contribution in [3.63, 3.8) is 0 Å². The van der Waals surface area contributed by atoms with Crippen molar-refractivity contribution >= 4 is 35.6 Å². The molecule has 1 heterocycles. The van der Waals surface area contributed by atoms with Crippen molar-refractivity contribution in [2.75, 3.05) is 6.54 Å². The molecule has 0 aliphatic heterocycles. The first-order valence-electron chi connectivity index (χ1n) is 3.81. The van der Waals surface area contributed by atoms with Crippen molar-refractivity contribution < 1.29 is 4.79 Å². The second-order valence-electron chi connectivity index (χ2n) is 2.51. The quantitative estimate of drug-likeness (QED) is 0.790. The van der Waals surface area contributed by atoms with Gasteiger partial charge >= 0.3 is 0 Å². The summed E-state index contributed by atoms with van der Waals surface area (Å²) < 4.78 is 0.593. The molecule has 1 rings (SSSR count). The van der Waals surface area contributed by atoms with Crippen LogP contribution in [0.3, 0.4) is 0 Å². The molecule has 14 heavy (non-hydrogen) atoms. The Morgan fingerprint density at radius 3 is 2.86 bits per heavy atom. The fourth-order valence-corrected chi connectivity index (χ4v) is 1.72. The van der Waals surface area contributed by atoms with Crippen LogP contribution in [0.1, 0.15) is 9.67 Å². The maximum atomic E-state index is 11.4. The summed E-state index contributed by atoms with van der Waals surface area (Å²) in [6.45, 7) is 7.18. The molecule has 0 saturated carbocycles. The minimum absolute atomic E-state index is 0.174. The highest BCUT2D eigenvalue weighted by molar-refractivity contribution is 7.17. The molecule has 0 fully saturated rings. The lowest BCUT2D eigenvalue weighted by atomic mass is 10.4. The van der Waals surface area contributed by atoms with E-state index in [4.69, 9.17) is 11.6 Å². The van der Waals surface area contributed by atoms with Gasteiger partial charge in [0, 0.05) is 0 Å². The van der Waals surface area contributed by atoms with Crippen LogP contribution in [0.25, 0.3) is 0 Å². The van der Waals surface area contributed by atoms with Crippen molar-refractivity contribution in [2.45, 2.75) is 0 Å². The summed E-state index contributed by atoms with van der Waals surface area (Å²) in [5.41, 5.74) is 0.529. The van der Waals surface area contributed by atoms with Crippen LogP contribution in [0.2, 0.25) is 4.34 Å². The Labute approximate surface area is 91.1 Å². The van der Waals surface area contributed by atoms with E-state index in [2.05, 4.69) is 23.6 Å². The first kappa shape index (κ1) is 10.9. The summed E-state index contributed by atoms with van der Waals surface area (Å²) in [6, 6.07) is 3.36. The first-order valence-corrected chi connectivity index (χ1v) is 5.01. The van der Waals surface area contributed by atoms with Gasteiger partial charge in [0.1, 0.15) is 0 Å². The Morgan fingerprint density at radius 2 is 2.36 bits per heavy atom. The molecule has 1 aromatic rings. The van der Waals surface area contributed by atoms with E-state index in [9.17, 15) is 4.79 Å². The Hall–Kier alpha value is -1.13. The van der Waals surface area contributed by atoms with Crippen molar-refractivity contribution in [3.05, 3.63) is 33.6 Å². The van der Waals surface area contributed by atoms with E-state index in [1.54, 1.807) is 12.1 Å². The monoisotopic (exact) mass is 228 g/mol. The Bertz CT molecular complexity index is 373. The van der Waals surface area contributed by atoms with Gasteiger partial charge in [0.25, 0.3) is 5.91 Å². The molecule has 0 saturated heterocycles. The van der Waals surface area contributed by atoms with E-state index in [0.717, 1.165) is 0 Å². The third kappa shape index (κ3) is 2.97. The molecule has 5 heteroatoms. The molecule has 0 aliphatic rings. The average molecular weight is 229 g/mol. The molecule has 0 aromatic carbocycles. The molecular weight excluding hydrogens is 220 g/mol. The predicted octanol–water partition coefficient (Wildman–Crippen LogP) is 2.35. The van der Waals surface area contributed by atoms with Crippen molar-refractivity contribution in [1.29, 1.82) is 0 Å². The molecule has 0 radical (unpaired) electrons. The van der Waals surface area contributed by atoms with E-state index >= 15 is 0 Å². The maximum Gasteiger partial charge on any atom is 0.261 e. The number of carbonyl (C=O) groups excluding carboxylic acids is 1. The first-order chi connectivity index (χ1) is 6.63. The average Bonchev–Trinajstić information content (AvgIpc) is 2.60. The van der Waals surface area contributed by atoms with Gasteiger partial charge in [0.05, 0.1) is 21.5 Å². The normalized spacial score (nSPS) is 9.50. The summed E-state index contributed by atoms with van der Waals surface area (Å²) in [7, 11) is 0. The van der Waals surface area contributed by atoms with Gasteiger partial charge in [-0.05, 0) is 18.9 Å². The molecule has 1 aromatic heterocycles. The minimum atomic E-state index is -0.174. The molecule has 1 amide bonds. The van der Waals surface area contributed by atoms with E-state index in [1.807, 2.05) is 0 Å². The summed E-state index contributed by atoms with van der Waals surface area (Å²) >= 11 is 6.92. The van der Waals surface area contributed by atoms with E-state index in [1.165, 1.54) is 11.3 Å². The highest BCUT2D eigenvalue weighted by atomic mass is 35.5.